The molecule has 2 aromatic heterocycles. The van der Waals surface area contributed by atoms with Crippen LogP contribution in [0.3, 0.4) is 0 Å². The van der Waals surface area contributed by atoms with E-state index in [1.165, 1.54) is 11.3 Å². The topological polar surface area (TPSA) is 53.1 Å². The van der Waals surface area contributed by atoms with Crippen LogP contribution in [0.15, 0.2) is 29.8 Å². The van der Waals surface area contributed by atoms with E-state index in [0.29, 0.717) is 5.56 Å². The molecule has 0 amide bonds. The first-order chi connectivity index (χ1) is 6.27. The number of thiophene rings is 1. The van der Waals surface area contributed by atoms with Crippen molar-refractivity contribution in [2.45, 2.75) is 0 Å². The number of aromatic nitrogens is 1. The summed E-state index contributed by atoms with van der Waals surface area (Å²) in [5.74, 6) is -0.881. The van der Waals surface area contributed by atoms with E-state index >= 15 is 0 Å². The molecule has 13 heavy (non-hydrogen) atoms. The molecule has 2 heterocycles. The van der Waals surface area contributed by atoms with Gasteiger partial charge in [-0.2, -0.15) is 0 Å². The third-order valence-corrected chi connectivity index (χ3v) is 2.67. The van der Waals surface area contributed by atoms with Crippen LogP contribution in [0, 0.1) is 0 Å². The molecular formula is C9H7NO2S. The highest BCUT2D eigenvalue weighted by atomic mass is 32.1. The Morgan fingerprint density at radius 1 is 1.54 bits per heavy atom. The van der Waals surface area contributed by atoms with Crippen LogP contribution in [0.4, 0.5) is 0 Å². The number of aromatic carboxylic acids is 1. The van der Waals surface area contributed by atoms with E-state index in [1.807, 2.05) is 18.3 Å². The minimum absolute atomic E-state index is 0.342. The van der Waals surface area contributed by atoms with E-state index in [9.17, 15) is 4.79 Å². The van der Waals surface area contributed by atoms with E-state index in [0.717, 1.165) is 10.6 Å². The number of carbonyl (C=O) groups is 1. The monoisotopic (exact) mass is 193 g/mol. The standard InChI is InChI=1S/C9H7NO2S/c11-9(12)6-4-8(13-5-6)7-2-1-3-10-7/h1-5,10H,(H,11,12). The van der Waals surface area contributed by atoms with Crippen LogP contribution in [0.5, 0.6) is 0 Å². The highest BCUT2D eigenvalue weighted by molar-refractivity contribution is 7.13. The number of hydrogen-bond donors (Lipinski definition) is 2. The second-order valence-electron chi connectivity index (χ2n) is 2.59. The van der Waals surface area contributed by atoms with Crippen LogP contribution in [-0.4, -0.2) is 16.1 Å². The Morgan fingerprint density at radius 2 is 2.38 bits per heavy atom. The number of hydrogen-bond acceptors (Lipinski definition) is 2. The summed E-state index contributed by atoms with van der Waals surface area (Å²) in [6.07, 6.45) is 1.81. The van der Waals surface area contributed by atoms with Gasteiger partial charge in [0.2, 0.25) is 0 Å². The molecular weight excluding hydrogens is 186 g/mol. The van der Waals surface area contributed by atoms with Gasteiger partial charge in [0, 0.05) is 11.6 Å². The molecule has 0 fully saturated rings. The Morgan fingerprint density at radius 3 is 2.92 bits per heavy atom. The number of carboxylic acid groups (broad SMARTS) is 1. The first-order valence-corrected chi connectivity index (χ1v) is 4.61. The maximum Gasteiger partial charge on any atom is 0.336 e. The third-order valence-electron chi connectivity index (χ3n) is 1.71. The molecule has 4 heteroatoms. The zero-order chi connectivity index (χ0) is 9.26. The maximum atomic E-state index is 10.6. The lowest BCUT2D eigenvalue weighted by atomic mass is 10.3. The van der Waals surface area contributed by atoms with Crippen LogP contribution in [0.2, 0.25) is 0 Å². The fourth-order valence-electron chi connectivity index (χ4n) is 1.07. The molecule has 0 radical (unpaired) electrons. The zero-order valence-corrected chi connectivity index (χ0v) is 7.47. The van der Waals surface area contributed by atoms with Crippen molar-refractivity contribution in [3.63, 3.8) is 0 Å². The van der Waals surface area contributed by atoms with Gasteiger partial charge in [-0.05, 0) is 18.2 Å². The zero-order valence-electron chi connectivity index (χ0n) is 6.65. The van der Waals surface area contributed by atoms with Crippen molar-refractivity contribution in [2.75, 3.05) is 0 Å². The van der Waals surface area contributed by atoms with E-state index in [2.05, 4.69) is 4.98 Å². The van der Waals surface area contributed by atoms with Gasteiger partial charge < -0.3 is 10.1 Å². The van der Waals surface area contributed by atoms with Crippen molar-refractivity contribution in [2.24, 2.45) is 0 Å². The molecule has 0 unspecified atom stereocenters. The normalized spacial score (nSPS) is 10.2. The van der Waals surface area contributed by atoms with E-state index in [1.54, 1.807) is 11.4 Å². The molecule has 66 valence electrons. The minimum atomic E-state index is -0.881. The first-order valence-electron chi connectivity index (χ1n) is 3.73. The quantitative estimate of drug-likeness (QED) is 0.769. The highest BCUT2D eigenvalue weighted by Crippen LogP contribution is 2.25. The summed E-state index contributed by atoms with van der Waals surface area (Å²) >= 11 is 1.42. The Bertz CT molecular complexity index is 417. The molecule has 0 bridgehead atoms. The Balaban J connectivity index is 2.39. The molecule has 0 saturated carbocycles. The van der Waals surface area contributed by atoms with Gasteiger partial charge in [0.15, 0.2) is 0 Å². The summed E-state index contributed by atoms with van der Waals surface area (Å²) in [5, 5.41) is 10.3. The van der Waals surface area contributed by atoms with Gasteiger partial charge >= 0.3 is 5.97 Å². The highest BCUT2D eigenvalue weighted by Gasteiger charge is 2.07. The van der Waals surface area contributed by atoms with Gasteiger partial charge in [-0.25, -0.2) is 4.79 Å². The van der Waals surface area contributed by atoms with Crippen molar-refractivity contribution in [3.05, 3.63) is 35.3 Å². The van der Waals surface area contributed by atoms with Crippen molar-refractivity contribution < 1.29 is 9.90 Å². The smallest absolute Gasteiger partial charge is 0.336 e. The SMILES string of the molecule is O=C(O)c1csc(-c2ccc[nH]2)c1. The lowest BCUT2D eigenvalue weighted by Gasteiger charge is -1.88. The molecule has 2 N–H and O–H groups in total. The number of rotatable bonds is 2. The largest absolute Gasteiger partial charge is 0.478 e. The lowest BCUT2D eigenvalue weighted by Crippen LogP contribution is -1.91. The fourth-order valence-corrected chi connectivity index (χ4v) is 1.94. The lowest BCUT2D eigenvalue weighted by molar-refractivity contribution is 0.0697. The van der Waals surface area contributed by atoms with E-state index < -0.39 is 5.97 Å². The predicted octanol–water partition coefficient (Wildman–Crippen LogP) is 2.44. The molecule has 0 aliphatic carbocycles. The van der Waals surface area contributed by atoms with E-state index in [4.69, 9.17) is 5.11 Å². The number of aromatic amines is 1. The first kappa shape index (κ1) is 8.07. The Labute approximate surface area is 78.7 Å². The van der Waals surface area contributed by atoms with Crippen LogP contribution < -0.4 is 0 Å². The summed E-state index contributed by atoms with van der Waals surface area (Å²) in [4.78, 5) is 14.6. The second-order valence-corrected chi connectivity index (χ2v) is 3.50. The van der Waals surface area contributed by atoms with Crippen molar-refractivity contribution in [1.29, 1.82) is 0 Å². The molecule has 3 nitrogen and oxygen atoms in total. The van der Waals surface area contributed by atoms with Crippen LogP contribution >= 0.6 is 11.3 Å². The Kier molecular flexibility index (Phi) is 1.90. The second kappa shape index (κ2) is 3.06. The van der Waals surface area contributed by atoms with Gasteiger partial charge in [0.1, 0.15) is 0 Å². The molecule has 2 rings (SSSR count). The Hall–Kier alpha value is -1.55. The molecule has 0 atom stereocenters. The van der Waals surface area contributed by atoms with Crippen LogP contribution in [0.25, 0.3) is 10.6 Å². The van der Waals surface area contributed by atoms with Gasteiger partial charge in [-0.1, -0.05) is 0 Å². The fraction of sp³-hybridized carbons (Fsp3) is 0. The maximum absolute atomic E-state index is 10.6. The molecule has 0 aliphatic rings. The van der Waals surface area contributed by atoms with Crippen molar-refractivity contribution in [3.8, 4) is 10.6 Å². The van der Waals surface area contributed by atoms with Crippen molar-refractivity contribution in [1.82, 2.24) is 4.98 Å². The van der Waals surface area contributed by atoms with Gasteiger partial charge in [0.05, 0.1) is 16.1 Å². The van der Waals surface area contributed by atoms with Gasteiger partial charge in [0.25, 0.3) is 0 Å². The third kappa shape index (κ3) is 1.48. The summed E-state index contributed by atoms with van der Waals surface area (Å²) in [6, 6.07) is 5.46. The molecule has 0 aliphatic heterocycles. The summed E-state index contributed by atoms with van der Waals surface area (Å²) in [5.41, 5.74) is 1.30. The molecule has 0 spiro atoms. The molecule has 2 aromatic rings. The summed E-state index contributed by atoms with van der Waals surface area (Å²) in [6.45, 7) is 0. The number of nitrogens with one attached hydrogen (secondary N) is 1. The van der Waals surface area contributed by atoms with Gasteiger partial charge in [-0.3, -0.25) is 0 Å². The van der Waals surface area contributed by atoms with Crippen LogP contribution in [0.1, 0.15) is 10.4 Å². The molecule has 0 aromatic carbocycles. The van der Waals surface area contributed by atoms with E-state index in [-0.39, 0.29) is 0 Å². The minimum Gasteiger partial charge on any atom is -0.478 e. The average Bonchev–Trinajstić information content (AvgIpc) is 2.75. The van der Waals surface area contributed by atoms with Gasteiger partial charge in [-0.15, -0.1) is 11.3 Å². The summed E-state index contributed by atoms with van der Waals surface area (Å²) < 4.78 is 0. The van der Waals surface area contributed by atoms with Crippen LogP contribution in [-0.2, 0) is 0 Å². The number of carboxylic acids is 1. The molecule has 0 saturated heterocycles. The average molecular weight is 193 g/mol. The predicted molar refractivity (Wildman–Crippen MR) is 51.1 cm³/mol. The number of H-pyrrole nitrogens is 1. The van der Waals surface area contributed by atoms with Crippen molar-refractivity contribution >= 4 is 17.3 Å². The summed E-state index contributed by atoms with van der Waals surface area (Å²) in [7, 11) is 0.